The van der Waals surface area contributed by atoms with E-state index in [1.54, 1.807) is 6.08 Å². The summed E-state index contributed by atoms with van der Waals surface area (Å²) in [7, 11) is 1.83. The summed E-state index contributed by atoms with van der Waals surface area (Å²) in [6.07, 6.45) is 5.44. The normalized spacial score (nSPS) is 11.3. The van der Waals surface area contributed by atoms with E-state index >= 15 is 0 Å². The third-order valence-electron chi connectivity index (χ3n) is 1.13. The first-order valence-electron chi connectivity index (χ1n) is 4.18. The van der Waals surface area contributed by atoms with Crippen LogP contribution in [0.3, 0.4) is 0 Å². The molecule has 12 heavy (non-hydrogen) atoms. The molecule has 0 aromatic rings. The first kappa shape index (κ1) is 13.4. The van der Waals surface area contributed by atoms with Crippen LogP contribution < -0.4 is 11.1 Å². The van der Waals surface area contributed by atoms with Crippen molar-refractivity contribution < 1.29 is 0 Å². The minimum Gasteiger partial charge on any atom is -0.397 e. The van der Waals surface area contributed by atoms with Crippen molar-refractivity contribution in [3.05, 3.63) is 36.2 Å². The Labute approximate surface area is 75.9 Å². The number of likely N-dealkylation sites (N-methyl/N-ethyl adjacent to an activating group) is 1. The molecule has 0 aliphatic rings. The highest BCUT2D eigenvalue weighted by atomic mass is 14.8. The molecule has 0 spiro atoms. The van der Waals surface area contributed by atoms with Crippen LogP contribution in [0.15, 0.2) is 36.2 Å². The van der Waals surface area contributed by atoms with E-state index in [9.17, 15) is 0 Å². The Hall–Kier alpha value is -1.18. The summed E-state index contributed by atoms with van der Waals surface area (Å²) in [4.78, 5) is 0. The molecule has 2 nitrogen and oxygen atoms in total. The summed E-state index contributed by atoms with van der Waals surface area (Å²) in [6.45, 7) is 9.49. The van der Waals surface area contributed by atoms with Gasteiger partial charge in [-0.15, -0.1) is 0 Å². The fourth-order valence-electron chi connectivity index (χ4n) is 0.601. The van der Waals surface area contributed by atoms with Gasteiger partial charge in [-0.25, -0.2) is 0 Å². The molecule has 0 atom stereocenters. The lowest BCUT2D eigenvalue weighted by molar-refractivity contribution is 1.00. The maximum Gasteiger partial charge on any atom is 0.0567 e. The van der Waals surface area contributed by atoms with Gasteiger partial charge in [0.15, 0.2) is 0 Å². The highest BCUT2D eigenvalue weighted by molar-refractivity contribution is 5.27. The number of rotatable bonds is 3. The van der Waals surface area contributed by atoms with Crippen molar-refractivity contribution >= 4 is 0 Å². The van der Waals surface area contributed by atoms with Gasteiger partial charge in [-0.1, -0.05) is 26.5 Å². The Morgan fingerprint density at radius 1 is 1.42 bits per heavy atom. The van der Waals surface area contributed by atoms with E-state index in [1.807, 2.05) is 40.0 Å². The summed E-state index contributed by atoms with van der Waals surface area (Å²) < 4.78 is 0. The Bertz CT molecular complexity index is 167. The lowest BCUT2D eigenvalue weighted by Gasteiger charge is -2.02. The van der Waals surface area contributed by atoms with Gasteiger partial charge in [0.1, 0.15) is 0 Å². The van der Waals surface area contributed by atoms with Gasteiger partial charge in [0, 0.05) is 7.05 Å². The number of allylic oxidation sites excluding steroid dienone is 3. The van der Waals surface area contributed by atoms with Crippen molar-refractivity contribution in [2.45, 2.75) is 20.8 Å². The number of hydrogen-bond acceptors (Lipinski definition) is 2. The van der Waals surface area contributed by atoms with Crippen LogP contribution in [0.25, 0.3) is 0 Å². The van der Waals surface area contributed by atoms with Crippen LogP contribution in [0.5, 0.6) is 0 Å². The molecule has 0 heterocycles. The molecule has 0 radical (unpaired) electrons. The second-order valence-electron chi connectivity index (χ2n) is 1.82. The lowest BCUT2D eigenvalue weighted by Crippen LogP contribution is -2.10. The van der Waals surface area contributed by atoms with Crippen molar-refractivity contribution in [2.75, 3.05) is 7.05 Å². The van der Waals surface area contributed by atoms with Gasteiger partial charge in [-0.2, -0.15) is 0 Å². The number of hydrogen-bond donors (Lipinski definition) is 2. The SMILES string of the molecule is C=C/C(N)=C(\C=C/C)NC.CC. The Balaban J connectivity index is 0. The van der Waals surface area contributed by atoms with Crippen molar-refractivity contribution in [3.8, 4) is 0 Å². The van der Waals surface area contributed by atoms with Crippen molar-refractivity contribution in [1.82, 2.24) is 5.32 Å². The number of nitrogens with two attached hydrogens (primary N) is 1. The molecule has 0 saturated heterocycles. The van der Waals surface area contributed by atoms with Crippen LogP contribution in [0.1, 0.15) is 20.8 Å². The van der Waals surface area contributed by atoms with Crippen molar-refractivity contribution in [1.29, 1.82) is 0 Å². The van der Waals surface area contributed by atoms with E-state index in [1.165, 1.54) is 0 Å². The highest BCUT2D eigenvalue weighted by Crippen LogP contribution is 1.96. The molecule has 0 unspecified atom stereocenters. The van der Waals surface area contributed by atoms with Crippen LogP contribution in [0.4, 0.5) is 0 Å². The van der Waals surface area contributed by atoms with E-state index in [-0.39, 0.29) is 0 Å². The highest BCUT2D eigenvalue weighted by Gasteiger charge is 1.89. The molecule has 0 bridgehead atoms. The van der Waals surface area contributed by atoms with Gasteiger partial charge in [0.2, 0.25) is 0 Å². The molecule has 2 heteroatoms. The van der Waals surface area contributed by atoms with Gasteiger partial charge < -0.3 is 11.1 Å². The minimum atomic E-state index is 0.667. The fraction of sp³-hybridized carbons (Fsp3) is 0.400. The Morgan fingerprint density at radius 2 is 1.92 bits per heavy atom. The first-order chi connectivity index (χ1) is 5.76. The summed E-state index contributed by atoms with van der Waals surface area (Å²) >= 11 is 0. The molecule has 70 valence electrons. The first-order valence-corrected chi connectivity index (χ1v) is 4.18. The van der Waals surface area contributed by atoms with E-state index in [0.29, 0.717) is 5.70 Å². The predicted molar refractivity (Wildman–Crippen MR) is 56.6 cm³/mol. The van der Waals surface area contributed by atoms with Crippen LogP contribution in [0.2, 0.25) is 0 Å². The summed E-state index contributed by atoms with van der Waals surface area (Å²) in [5.74, 6) is 0. The summed E-state index contributed by atoms with van der Waals surface area (Å²) in [6, 6.07) is 0. The van der Waals surface area contributed by atoms with E-state index in [0.717, 1.165) is 5.70 Å². The molecule has 0 aromatic heterocycles. The standard InChI is InChI=1S/C8H14N2.C2H6/c1-4-6-8(10-3)7(9)5-2;1-2/h4-6,10H,2,9H2,1,3H3;1-2H3/b6-4-,8-7-;. The summed E-state index contributed by atoms with van der Waals surface area (Å²) in [5, 5.41) is 2.95. The Kier molecular flexibility index (Phi) is 11.0. The maximum absolute atomic E-state index is 5.56. The molecule has 3 N–H and O–H groups in total. The zero-order valence-corrected chi connectivity index (χ0v) is 8.52. The summed E-state index contributed by atoms with van der Waals surface area (Å²) in [5.41, 5.74) is 7.13. The molecular weight excluding hydrogens is 148 g/mol. The molecule has 0 amide bonds. The molecule has 0 saturated carbocycles. The third-order valence-corrected chi connectivity index (χ3v) is 1.13. The number of nitrogens with one attached hydrogen (secondary N) is 1. The zero-order chi connectivity index (χ0) is 9.98. The molecule has 0 aliphatic heterocycles. The second kappa shape index (κ2) is 9.82. The average molecular weight is 168 g/mol. The van der Waals surface area contributed by atoms with E-state index < -0.39 is 0 Å². The molecule has 0 fully saturated rings. The van der Waals surface area contributed by atoms with Gasteiger partial charge >= 0.3 is 0 Å². The second-order valence-corrected chi connectivity index (χ2v) is 1.82. The fourth-order valence-corrected chi connectivity index (χ4v) is 0.601. The van der Waals surface area contributed by atoms with Crippen molar-refractivity contribution in [2.24, 2.45) is 5.73 Å². The molecule has 0 rings (SSSR count). The van der Waals surface area contributed by atoms with Gasteiger partial charge in [0.05, 0.1) is 11.4 Å². The third kappa shape index (κ3) is 5.59. The van der Waals surface area contributed by atoms with Crippen molar-refractivity contribution in [3.63, 3.8) is 0 Å². The average Bonchev–Trinajstić information content (AvgIpc) is 2.16. The van der Waals surface area contributed by atoms with Crippen LogP contribution in [-0.4, -0.2) is 7.05 Å². The predicted octanol–water partition coefficient (Wildman–Crippen LogP) is 2.16. The van der Waals surface area contributed by atoms with Gasteiger partial charge in [-0.05, 0) is 19.1 Å². The van der Waals surface area contributed by atoms with E-state index in [2.05, 4.69) is 11.9 Å². The topological polar surface area (TPSA) is 38.0 Å². The lowest BCUT2D eigenvalue weighted by atomic mass is 10.3. The van der Waals surface area contributed by atoms with Gasteiger partial charge in [-0.3, -0.25) is 0 Å². The largest absolute Gasteiger partial charge is 0.397 e. The van der Waals surface area contributed by atoms with E-state index in [4.69, 9.17) is 5.73 Å². The molecular formula is C10H20N2. The van der Waals surface area contributed by atoms with Crippen LogP contribution in [-0.2, 0) is 0 Å². The smallest absolute Gasteiger partial charge is 0.0567 e. The Morgan fingerprint density at radius 3 is 2.17 bits per heavy atom. The molecule has 0 aliphatic carbocycles. The zero-order valence-electron chi connectivity index (χ0n) is 8.52. The van der Waals surface area contributed by atoms with Crippen LogP contribution in [0, 0.1) is 0 Å². The monoisotopic (exact) mass is 168 g/mol. The van der Waals surface area contributed by atoms with Gasteiger partial charge in [0.25, 0.3) is 0 Å². The minimum absolute atomic E-state index is 0.667. The molecule has 0 aromatic carbocycles. The maximum atomic E-state index is 5.56. The quantitative estimate of drug-likeness (QED) is 0.634. The van der Waals surface area contributed by atoms with Crippen LogP contribution >= 0.6 is 0 Å².